The summed E-state index contributed by atoms with van der Waals surface area (Å²) in [4.78, 5) is 31.6. The van der Waals surface area contributed by atoms with E-state index in [2.05, 4.69) is 9.97 Å². The zero-order valence-corrected chi connectivity index (χ0v) is 13.4. The topological polar surface area (TPSA) is 89.4 Å². The molecular weight excluding hydrogens is 332 g/mol. The molecule has 0 saturated carbocycles. The van der Waals surface area contributed by atoms with E-state index in [0.29, 0.717) is 45.4 Å². The van der Waals surface area contributed by atoms with Crippen molar-refractivity contribution < 1.29 is 19.4 Å². The molecule has 0 radical (unpaired) electrons. The van der Waals surface area contributed by atoms with Gasteiger partial charge in [-0.1, -0.05) is 30.3 Å². The molecule has 0 fully saturated rings. The molecule has 1 N–H and O–H groups in total. The van der Waals surface area contributed by atoms with Gasteiger partial charge in [-0.3, -0.25) is 4.79 Å². The van der Waals surface area contributed by atoms with Gasteiger partial charge in [0.25, 0.3) is 6.47 Å². The molecule has 6 nitrogen and oxygen atoms in total. The van der Waals surface area contributed by atoms with Gasteiger partial charge in [0.15, 0.2) is 0 Å². The van der Waals surface area contributed by atoms with E-state index < -0.39 is 5.97 Å². The Morgan fingerprint density at radius 3 is 2.12 bits per heavy atom. The van der Waals surface area contributed by atoms with Crippen LogP contribution in [0.3, 0.4) is 0 Å². The maximum Gasteiger partial charge on any atom is 0.336 e. The number of hydrogen-bond acceptors (Lipinski definition) is 5. The van der Waals surface area contributed by atoms with Gasteiger partial charge < -0.3 is 9.84 Å². The quantitative estimate of drug-likeness (QED) is 0.568. The Morgan fingerprint density at radius 1 is 0.885 bits per heavy atom. The standard InChI is InChI=1S/C20H12N2O4/c23-11-26-19-10-18(22-16-8-4-2-6-13(16)19)17-9-14(20(24)25)12-5-1-3-7-15(12)21-17/h1-11H,(H,24,25). The minimum Gasteiger partial charge on any atom is -0.478 e. The number of carboxylic acid groups (broad SMARTS) is 1. The molecule has 0 bridgehead atoms. The summed E-state index contributed by atoms with van der Waals surface area (Å²) in [6.07, 6.45) is 0. The van der Waals surface area contributed by atoms with Gasteiger partial charge in [-0.2, -0.15) is 0 Å². The lowest BCUT2D eigenvalue weighted by Gasteiger charge is -2.09. The lowest BCUT2D eigenvalue weighted by atomic mass is 10.1. The second-order valence-corrected chi connectivity index (χ2v) is 5.61. The second kappa shape index (κ2) is 6.25. The highest BCUT2D eigenvalue weighted by Gasteiger charge is 2.15. The molecule has 0 aliphatic heterocycles. The van der Waals surface area contributed by atoms with Gasteiger partial charge in [0.1, 0.15) is 5.75 Å². The van der Waals surface area contributed by atoms with Crippen molar-refractivity contribution in [2.75, 3.05) is 0 Å². The Morgan fingerprint density at radius 2 is 1.46 bits per heavy atom. The van der Waals surface area contributed by atoms with Crippen LogP contribution < -0.4 is 4.74 Å². The second-order valence-electron chi connectivity index (χ2n) is 5.61. The summed E-state index contributed by atoms with van der Waals surface area (Å²) >= 11 is 0. The molecule has 4 rings (SSSR count). The van der Waals surface area contributed by atoms with Crippen molar-refractivity contribution >= 4 is 34.2 Å². The highest BCUT2D eigenvalue weighted by Crippen LogP contribution is 2.31. The van der Waals surface area contributed by atoms with Crippen LogP contribution in [0, 0.1) is 0 Å². The Kier molecular flexibility index (Phi) is 3.78. The maximum atomic E-state index is 11.7. The molecule has 6 heteroatoms. The third-order valence-electron chi connectivity index (χ3n) is 4.06. The third-order valence-corrected chi connectivity index (χ3v) is 4.06. The van der Waals surface area contributed by atoms with Crippen LogP contribution in [-0.2, 0) is 4.79 Å². The molecule has 0 spiro atoms. The van der Waals surface area contributed by atoms with E-state index in [9.17, 15) is 14.7 Å². The van der Waals surface area contributed by atoms with Crippen molar-refractivity contribution in [3.63, 3.8) is 0 Å². The first-order chi connectivity index (χ1) is 12.7. The van der Waals surface area contributed by atoms with E-state index in [-0.39, 0.29) is 5.56 Å². The van der Waals surface area contributed by atoms with Crippen molar-refractivity contribution in [3.8, 4) is 17.1 Å². The Bertz CT molecular complexity index is 1170. The average Bonchev–Trinajstić information content (AvgIpc) is 2.67. The number of aromatic nitrogens is 2. The normalized spacial score (nSPS) is 10.8. The van der Waals surface area contributed by atoms with Crippen LogP contribution in [0.4, 0.5) is 0 Å². The molecule has 0 amide bonds. The number of benzene rings is 2. The van der Waals surface area contributed by atoms with E-state index in [1.54, 1.807) is 42.5 Å². The first-order valence-corrected chi connectivity index (χ1v) is 7.81. The molecule has 0 unspecified atom stereocenters. The van der Waals surface area contributed by atoms with Crippen molar-refractivity contribution in [1.82, 2.24) is 9.97 Å². The summed E-state index contributed by atoms with van der Waals surface area (Å²) in [5.41, 5.74) is 2.12. The first kappa shape index (κ1) is 15.7. The average molecular weight is 344 g/mol. The number of aromatic carboxylic acids is 1. The fraction of sp³-hybridized carbons (Fsp3) is 0. The molecule has 0 saturated heterocycles. The Labute approximate surface area is 147 Å². The number of carbonyl (C=O) groups is 2. The van der Waals surface area contributed by atoms with Crippen molar-refractivity contribution in [2.45, 2.75) is 0 Å². The Balaban J connectivity index is 2.00. The molecule has 4 aromatic rings. The van der Waals surface area contributed by atoms with Crippen LogP contribution in [0.25, 0.3) is 33.2 Å². The molecule has 0 aliphatic carbocycles. The van der Waals surface area contributed by atoms with Gasteiger partial charge in [0.2, 0.25) is 0 Å². The van der Waals surface area contributed by atoms with E-state index in [1.807, 2.05) is 12.1 Å². The van der Waals surface area contributed by atoms with Crippen molar-refractivity contribution in [2.24, 2.45) is 0 Å². The number of rotatable bonds is 4. The van der Waals surface area contributed by atoms with E-state index >= 15 is 0 Å². The molecule has 26 heavy (non-hydrogen) atoms. The van der Waals surface area contributed by atoms with Crippen LogP contribution in [0.5, 0.6) is 5.75 Å². The summed E-state index contributed by atoms with van der Waals surface area (Å²) in [6.45, 7) is 0.349. The monoisotopic (exact) mass is 344 g/mol. The SMILES string of the molecule is O=COc1cc(-c2cc(C(=O)O)c3ccccc3n2)nc2ccccc12. The van der Waals surface area contributed by atoms with Crippen LogP contribution >= 0.6 is 0 Å². The van der Waals surface area contributed by atoms with Gasteiger partial charge >= 0.3 is 5.97 Å². The lowest BCUT2D eigenvalue weighted by Crippen LogP contribution is -2.01. The van der Waals surface area contributed by atoms with Gasteiger partial charge in [0.05, 0.1) is 28.0 Å². The van der Waals surface area contributed by atoms with Crippen LogP contribution in [0.15, 0.2) is 60.7 Å². The lowest BCUT2D eigenvalue weighted by molar-refractivity contribution is -0.120. The van der Waals surface area contributed by atoms with Crippen molar-refractivity contribution in [3.05, 3.63) is 66.2 Å². The summed E-state index contributed by atoms with van der Waals surface area (Å²) in [5, 5.41) is 10.8. The minimum atomic E-state index is -1.05. The molecule has 2 aromatic heterocycles. The smallest absolute Gasteiger partial charge is 0.336 e. The number of nitrogens with zero attached hydrogens (tertiary/aromatic N) is 2. The largest absolute Gasteiger partial charge is 0.478 e. The fourth-order valence-corrected chi connectivity index (χ4v) is 2.91. The highest BCUT2D eigenvalue weighted by atomic mass is 16.5. The number of carbonyl (C=O) groups excluding carboxylic acids is 1. The molecule has 2 heterocycles. The van der Waals surface area contributed by atoms with E-state index in [0.717, 1.165) is 0 Å². The van der Waals surface area contributed by atoms with Gasteiger partial charge in [-0.15, -0.1) is 0 Å². The zero-order chi connectivity index (χ0) is 18.1. The van der Waals surface area contributed by atoms with Crippen LogP contribution in [0.2, 0.25) is 0 Å². The number of carboxylic acids is 1. The molecule has 0 atom stereocenters. The third kappa shape index (κ3) is 2.63. The Hall–Kier alpha value is -3.80. The first-order valence-electron chi connectivity index (χ1n) is 7.81. The van der Waals surface area contributed by atoms with Crippen LogP contribution in [0.1, 0.15) is 10.4 Å². The summed E-state index contributed by atoms with van der Waals surface area (Å²) in [5.74, 6) is -0.706. The number of ether oxygens (including phenoxy) is 1. The molecule has 2 aromatic carbocycles. The van der Waals surface area contributed by atoms with Crippen molar-refractivity contribution in [1.29, 1.82) is 0 Å². The predicted molar refractivity (Wildman–Crippen MR) is 96.1 cm³/mol. The van der Waals surface area contributed by atoms with Gasteiger partial charge in [-0.05, 0) is 24.3 Å². The molecule has 0 aliphatic rings. The van der Waals surface area contributed by atoms with Crippen LogP contribution in [-0.4, -0.2) is 27.5 Å². The summed E-state index contributed by atoms with van der Waals surface area (Å²) < 4.78 is 5.08. The highest BCUT2D eigenvalue weighted by molar-refractivity contribution is 6.03. The number of para-hydroxylation sites is 2. The summed E-state index contributed by atoms with van der Waals surface area (Å²) in [6, 6.07) is 17.3. The molecular formula is C20H12N2O4. The summed E-state index contributed by atoms with van der Waals surface area (Å²) in [7, 11) is 0. The van der Waals surface area contributed by atoms with Gasteiger partial charge in [-0.25, -0.2) is 14.8 Å². The van der Waals surface area contributed by atoms with E-state index in [1.165, 1.54) is 6.07 Å². The zero-order valence-electron chi connectivity index (χ0n) is 13.4. The number of hydrogen-bond donors (Lipinski definition) is 1. The molecule has 126 valence electrons. The predicted octanol–water partition coefficient (Wildman–Crippen LogP) is 3.68. The fourth-order valence-electron chi connectivity index (χ4n) is 2.91. The minimum absolute atomic E-state index is 0.137. The number of pyridine rings is 2. The maximum absolute atomic E-state index is 11.7. The van der Waals surface area contributed by atoms with E-state index in [4.69, 9.17) is 4.74 Å². The van der Waals surface area contributed by atoms with Gasteiger partial charge in [0, 0.05) is 16.8 Å². The number of fused-ring (bicyclic) bond motifs is 2.